The Hall–Kier alpha value is -0.453. The Morgan fingerprint density at radius 2 is 1.92 bits per heavy atom. The third-order valence-electron chi connectivity index (χ3n) is 7.16. The van der Waals surface area contributed by atoms with Crippen LogP contribution in [0.2, 0.25) is 19.6 Å². The van der Waals surface area contributed by atoms with Gasteiger partial charge in [-0.15, -0.1) is 0 Å². The van der Waals surface area contributed by atoms with Crippen molar-refractivity contribution < 1.29 is 9.53 Å². The molecule has 0 radical (unpaired) electrons. The molecule has 0 unspecified atom stereocenters. The summed E-state index contributed by atoms with van der Waals surface area (Å²) in [4.78, 5) is 15.3. The van der Waals surface area contributed by atoms with Gasteiger partial charge < -0.3 is 4.74 Å². The van der Waals surface area contributed by atoms with Crippen LogP contribution in [-0.4, -0.2) is 43.2 Å². The maximum absolute atomic E-state index is 12.7. The lowest BCUT2D eigenvalue weighted by molar-refractivity contribution is -0.207. The molecule has 1 saturated carbocycles. The number of rotatable bonds is 1. The minimum atomic E-state index is -1.63. The van der Waals surface area contributed by atoms with Crippen LogP contribution in [0.4, 0.5) is 0 Å². The third-order valence-corrected chi connectivity index (χ3v) is 9.23. The third kappa shape index (κ3) is 2.33. The number of carbonyl (C=O) groups is 1. The van der Waals surface area contributed by atoms with E-state index in [9.17, 15) is 4.79 Å². The summed E-state index contributed by atoms with van der Waals surface area (Å²) in [5, 5.41) is 1.21. The van der Waals surface area contributed by atoms with E-state index in [-0.39, 0.29) is 11.8 Å². The number of hydrogen-bond donors (Lipinski definition) is 0. The van der Waals surface area contributed by atoms with Gasteiger partial charge in [-0.2, -0.15) is 0 Å². The SMILES string of the molecule is C[C@@H]1CC[C@@H]2[C@@H](C1)O[C@H]1C3=C([Si](C)(C)C)C(=O)C[C@H]3CN1C2(C)C. The molecule has 3 nitrogen and oxygen atoms in total. The lowest BCUT2D eigenvalue weighted by atomic mass is 9.70. The smallest absolute Gasteiger partial charge is 0.155 e. The number of carbonyl (C=O) groups excluding carboxylic acids is 1. The van der Waals surface area contributed by atoms with Gasteiger partial charge in [-0.05, 0) is 43.4 Å². The van der Waals surface area contributed by atoms with E-state index in [2.05, 4.69) is 45.3 Å². The van der Waals surface area contributed by atoms with Crippen LogP contribution in [0, 0.1) is 17.8 Å². The van der Waals surface area contributed by atoms with Crippen molar-refractivity contribution in [2.45, 2.75) is 84.0 Å². The van der Waals surface area contributed by atoms with Crippen molar-refractivity contribution in [1.82, 2.24) is 4.90 Å². The monoisotopic (exact) mass is 347 g/mol. The van der Waals surface area contributed by atoms with E-state index in [0.29, 0.717) is 23.7 Å². The Morgan fingerprint density at radius 3 is 2.58 bits per heavy atom. The van der Waals surface area contributed by atoms with Crippen LogP contribution in [0.1, 0.15) is 46.5 Å². The fraction of sp³-hybridized carbons (Fsp3) is 0.850. The largest absolute Gasteiger partial charge is 0.356 e. The number of Topliss-reactive ketones (excluding diaryl/α,β-unsaturated/α-hetero) is 1. The molecule has 2 saturated heterocycles. The molecular weight excluding hydrogens is 314 g/mol. The second-order valence-corrected chi connectivity index (χ2v) is 15.3. The summed E-state index contributed by atoms with van der Waals surface area (Å²) in [7, 11) is -1.63. The van der Waals surface area contributed by atoms with E-state index in [1.165, 1.54) is 30.0 Å². The Kier molecular flexibility index (Phi) is 3.73. The summed E-state index contributed by atoms with van der Waals surface area (Å²) < 4.78 is 6.75. The quantitative estimate of drug-likeness (QED) is 0.671. The van der Waals surface area contributed by atoms with Gasteiger partial charge >= 0.3 is 0 Å². The van der Waals surface area contributed by atoms with Gasteiger partial charge in [0.2, 0.25) is 0 Å². The van der Waals surface area contributed by atoms with Gasteiger partial charge in [0.15, 0.2) is 5.78 Å². The van der Waals surface area contributed by atoms with Gasteiger partial charge in [0.1, 0.15) is 6.23 Å². The highest BCUT2D eigenvalue weighted by Gasteiger charge is 2.58. The summed E-state index contributed by atoms with van der Waals surface area (Å²) in [5.74, 6) is 2.24. The van der Waals surface area contributed by atoms with Crippen LogP contribution in [0.5, 0.6) is 0 Å². The molecule has 2 aliphatic heterocycles. The Morgan fingerprint density at radius 1 is 1.21 bits per heavy atom. The second kappa shape index (κ2) is 5.27. The molecule has 24 heavy (non-hydrogen) atoms. The molecule has 3 fully saturated rings. The van der Waals surface area contributed by atoms with Crippen LogP contribution < -0.4 is 0 Å². The summed E-state index contributed by atoms with van der Waals surface area (Å²) in [6.07, 6.45) is 4.97. The van der Waals surface area contributed by atoms with Crippen LogP contribution in [-0.2, 0) is 9.53 Å². The van der Waals surface area contributed by atoms with Crippen LogP contribution in [0.25, 0.3) is 0 Å². The van der Waals surface area contributed by atoms with E-state index < -0.39 is 8.07 Å². The number of nitrogens with zero attached hydrogens (tertiary/aromatic N) is 1. The van der Waals surface area contributed by atoms with Crippen LogP contribution >= 0.6 is 0 Å². The number of allylic oxidation sites excluding steroid dienone is 1. The first-order chi connectivity index (χ1) is 11.1. The molecule has 0 bridgehead atoms. The molecule has 0 N–H and O–H groups in total. The van der Waals surface area contributed by atoms with Crippen molar-refractivity contribution in [2.24, 2.45) is 17.8 Å². The number of ketones is 1. The summed E-state index contributed by atoms with van der Waals surface area (Å²) >= 11 is 0. The van der Waals surface area contributed by atoms with Crippen molar-refractivity contribution in [3.63, 3.8) is 0 Å². The summed E-state index contributed by atoms with van der Waals surface area (Å²) in [6.45, 7) is 15.2. The average Bonchev–Trinajstić information content (AvgIpc) is 2.93. The maximum atomic E-state index is 12.7. The Labute approximate surface area is 147 Å². The highest BCUT2D eigenvalue weighted by molar-refractivity contribution is 6.87. The minimum Gasteiger partial charge on any atom is -0.356 e. The Balaban J connectivity index is 1.76. The van der Waals surface area contributed by atoms with Crippen molar-refractivity contribution in [1.29, 1.82) is 0 Å². The molecule has 4 heteroatoms. The topological polar surface area (TPSA) is 29.5 Å². The van der Waals surface area contributed by atoms with Crippen molar-refractivity contribution in [3.8, 4) is 0 Å². The van der Waals surface area contributed by atoms with E-state index in [0.717, 1.165) is 18.9 Å². The molecule has 0 aromatic heterocycles. The molecule has 134 valence electrons. The van der Waals surface area contributed by atoms with Gasteiger partial charge in [-0.25, -0.2) is 0 Å². The standard InChI is InChI=1S/C20H33NO2Si/c1-12-7-8-14-16(9-12)23-19-17-13(11-21(19)20(14,2)3)10-15(22)18(17)24(4,5)6/h12-14,16,19H,7-11H2,1-6H3/t12-,13+,14-,16-,19+/m1/s1. The molecule has 4 aliphatic rings. The highest BCUT2D eigenvalue weighted by Crippen LogP contribution is 2.53. The first kappa shape index (κ1) is 17.0. The average molecular weight is 348 g/mol. The van der Waals surface area contributed by atoms with Crippen molar-refractivity contribution in [2.75, 3.05) is 6.54 Å². The van der Waals surface area contributed by atoms with Crippen molar-refractivity contribution >= 4 is 13.9 Å². The molecule has 0 aromatic rings. The first-order valence-electron chi connectivity index (χ1n) is 9.80. The fourth-order valence-corrected chi connectivity index (χ4v) is 8.12. The van der Waals surface area contributed by atoms with Gasteiger partial charge in [-0.1, -0.05) is 33.0 Å². The Bertz CT molecular complexity index is 603. The molecule has 4 rings (SSSR count). The number of fused-ring (bicyclic) bond motifs is 4. The van der Waals surface area contributed by atoms with Crippen LogP contribution in [0.3, 0.4) is 0 Å². The molecular formula is C20H33NO2Si. The van der Waals surface area contributed by atoms with Gasteiger partial charge in [0.05, 0.1) is 14.2 Å². The number of hydrogen-bond acceptors (Lipinski definition) is 3. The molecule has 0 amide bonds. The zero-order valence-corrected chi connectivity index (χ0v) is 17.2. The van der Waals surface area contributed by atoms with Gasteiger partial charge in [-0.3, -0.25) is 9.69 Å². The molecule has 2 heterocycles. The van der Waals surface area contributed by atoms with Gasteiger partial charge in [0, 0.05) is 30.3 Å². The summed E-state index contributed by atoms with van der Waals surface area (Å²) in [6, 6.07) is 0. The van der Waals surface area contributed by atoms with Crippen LogP contribution in [0.15, 0.2) is 10.8 Å². The summed E-state index contributed by atoms with van der Waals surface area (Å²) in [5.41, 5.74) is 1.57. The predicted molar refractivity (Wildman–Crippen MR) is 99.4 cm³/mol. The van der Waals surface area contributed by atoms with E-state index in [4.69, 9.17) is 4.74 Å². The minimum absolute atomic E-state index is 0.0738. The molecule has 2 aliphatic carbocycles. The predicted octanol–water partition coefficient (Wildman–Crippen LogP) is 4.00. The second-order valence-electron chi connectivity index (χ2n) is 10.3. The van der Waals surface area contributed by atoms with Gasteiger partial charge in [0.25, 0.3) is 0 Å². The van der Waals surface area contributed by atoms with E-state index >= 15 is 0 Å². The normalized spacial score (nSPS) is 42.1. The zero-order chi connectivity index (χ0) is 17.4. The fourth-order valence-electron chi connectivity index (χ4n) is 5.99. The van der Waals surface area contributed by atoms with E-state index in [1.54, 1.807) is 0 Å². The number of ether oxygens (including phenoxy) is 1. The van der Waals surface area contributed by atoms with Crippen molar-refractivity contribution in [3.05, 3.63) is 10.8 Å². The molecule has 0 aromatic carbocycles. The maximum Gasteiger partial charge on any atom is 0.155 e. The molecule has 5 atom stereocenters. The molecule has 0 spiro atoms. The first-order valence-corrected chi connectivity index (χ1v) is 13.3. The van der Waals surface area contributed by atoms with E-state index in [1.807, 2.05) is 0 Å². The zero-order valence-electron chi connectivity index (χ0n) is 16.2. The lowest BCUT2D eigenvalue weighted by Gasteiger charge is -2.55. The lowest BCUT2D eigenvalue weighted by Crippen LogP contribution is -2.63. The highest BCUT2D eigenvalue weighted by atomic mass is 28.3.